The van der Waals surface area contributed by atoms with Gasteiger partial charge in [-0.2, -0.15) is 9.97 Å². The van der Waals surface area contributed by atoms with E-state index in [4.69, 9.17) is 15.0 Å². The van der Waals surface area contributed by atoms with Gasteiger partial charge in [-0.15, -0.1) is 0 Å². The number of nitrogens with zero attached hydrogens (tertiary/aromatic N) is 7. The van der Waals surface area contributed by atoms with Crippen LogP contribution in [0.15, 0.2) is 91.3 Å². The van der Waals surface area contributed by atoms with Crippen LogP contribution >= 0.6 is 0 Å². The van der Waals surface area contributed by atoms with E-state index < -0.39 is 29.9 Å². The highest BCUT2D eigenvalue weighted by Crippen LogP contribution is 2.40. The van der Waals surface area contributed by atoms with Crippen molar-refractivity contribution in [2.24, 2.45) is 0 Å². The van der Waals surface area contributed by atoms with Crippen molar-refractivity contribution < 1.29 is 29.7 Å². The van der Waals surface area contributed by atoms with Crippen LogP contribution in [0.3, 0.4) is 0 Å². The van der Waals surface area contributed by atoms with Crippen LogP contribution in [0.5, 0.6) is 5.75 Å². The molecule has 1 aliphatic carbocycles. The van der Waals surface area contributed by atoms with Gasteiger partial charge >= 0.3 is 23.9 Å². The van der Waals surface area contributed by atoms with Crippen molar-refractivity contribution in [2.45, 2.75) is 62.2 Å². The Bertz CT molecular complexity index is 2200. The molecule has 290 valence electrons. The number of likely N-dealkylation sites (N-methyl/N-ethyl adjacent to an activating group) is 1. The highest BCUT2D eigenvalue weighted by atomic mass is 16.5. The number of fused-ring (bicyclic) bond motifs is 1. The average Bonchev–Trinajstić information content (AvgIpc) is 4.00. The molecule has 1 saturated carbocycles. The summed E-state index contributed by atoms with van der Waals surface area (Å²) in [5, 5.41) is 40.1. The van der Waals surface area contributed by atoms with Crippen LogP contribution in [-0.2, 0) is 11.3 Å². The smallest absolute Gasteiger partial charge is 0.334 e. The number of anilines is 2. The minimum absolute atomic E-state index is 0.0210. The first-order chi connectivity index (χ1) is 27.1. The van der Waals surface area contributed by atoms with Gasteiger partial charge in [-0.3, -0.25) is 14.6 Å². The predicted molar refractivity (Wildman–Crippen MR) is 206 cm³/mol. The van der Waals surface area contributed by atoms with Crippen LogP contribution in [0.1, 0.15) is 54.3 Å². The van der Waals surface area contributed by atoms with Crippen molar-refractivity contribution in [2.75, 3.05) is 36.9 Å². The molecule has 8 rings (SSSR count). The topological polar surface area (TPSA) is 201 Å². The number of amides is 5. The van der Waals surface area contributed by atoms with Crippen LogP contribution in [0.25, 0.3) is 11.2 Å². The van der Waals surface area contributed by atoms with Gasteiger partial charge in [0.2, 0.25) is 5.95 Å². The molecule has 0 bridgehead atoms. The van der Waals surface area contributed by atoms with Gasteiger partial charge in [-0.1, -0.05) is 72.8 Å². The molecular formula is C40H44N10O6. The number of imidazole rings is 1. The molecule has 3 atom stereocenters. The zero-order chi connectivity index (χ0) is 39.0. The second-order valence-electron chi connectivity index (χ2n) is 14.6. The van der Waals surface area contributed by atoms with E-state index >= 15 is 0 Å². The number of aromatic hydroxyl groups is 1. The van der Waals surface area contributed by atoms with Crippen LogP contribution in [-0.4, -0.2) is 107 Å². The number of nitrogens with one attached hydrogen (secondary N) is 3. The predicted octanol–water partition coefficient (Wildman–Crippen LogP) is 3.48. The van der Waals surface area contributed by atoms with Gasteiger partial charge in [0.25, 0.3) is 0 Å². The number of aliphatic hydroxyl groups is 2. The fourth-order valence-electron chi connectivity index (χ4n) is 8.08. The first-order valence-corrected chi connectivity index (χ1v) is 18.8. The number of rotatable bonds is 11. The lowest BCUT2D eigenvalue weighted by molar-refractivity contribution is -0.221. The Morgan fingerprint density at radius 1 is 0.929 bits per heavy atom. The van der Waals surface area contributed by atoms with Crippen molar-refractivity contribution in [3.05, 3.63) is 108 Å². The number of benzene rings is 3. The summed E-state index contributed by atoms with van der Waals surface area (Å²) in [5.41, 5.74) is 4.03. The second-order valence-corrected chi connectivity index (χ2v) is 14.6. The Labute approximate surface area is 322 Å². The van der Waals surface area contributed by atoms with Crippen molar-refractivity contribution >= 4 is 40.9 Å². The van der Waals surface area contributed by atoms with E-state index in [9.17, 15) is 29.7 Å². The summed E-state index contributed by atoms with van der Waals surface area (Å²) in [7, 11) is 1.18. The number of carbonyl (C=O) groups is 3. The van der Waals surface area contributed by atoms with Crippen molar-refractivity contribution in [1.29, 1.82) is 0 Å². The maximum absolute atomic E-state index is 13.2. The van der Waals surface area contributed by atoms with E-state index in [0.717, 1.165) is 21.6 Å². The number of phenolic OH excluding ortho intramolecular Hbond substituents is 1. The molecule has 6 N–H and O–H groups in total. The normalized spacial score (nSPS) is 20.7. The summed E-state index contributed by atoms with van der Waals surface area (Å²) in [5.74, 6) is -2.97. The maximum atomic E-state index is 13.2. The van der Waals surface area contributed by atoms with Crippen LogP contribution in [0.2, 0.25) is 0 Å². The number of carbonyl (C=O) groups excluding carboxylic acids is 3. The second kappa shape index (κ2) is 15.1. The van der Waals surface area contributed by atoms with E-state index in [1.165, 1.54) is 7.05 Å². The quantitative estimate of drug-likeness (QED) is 0.0851. The molecule has 5 aromatic rings. The zero-order valence-corrected chi connectivity index (χ0v) is 30.8. The zero-order valence-electron chi connectivity index (χ0n) is 30.8. The first kappa shape index (κ1) is 36.7. The fourth-order valence-corrected chi connectivity index (χ4v) is 8.08. The average molecular weight is 761 g/mol. The summed E-state index contributed by atoms with van der Waals surface area (Å²) in [6.07, 6.45) is 4.05. The summed E-state index contributed by atoms with van der Waals surface area (Å²) in [6, 6.07) is 24.7. The Balaban J connectivity index is 1.09. The van der Waals surface area contributed by atoms with Gasteiger partial charge in [-0.05, 0) is 54.5 Å². The Hall–Kier alpha value is -6.26. The van der Waals surface area contributed by atoms with Gasteiger partial charge in [0, 0.05) is 45.2 Å². The fraction of sp³-hybridized carbons (Fsp3) is 0.350. The van der Waals surface area contributed by atoms with E-state index in [2.05, 4.69) is 40.2 Å². The number of urea groups is 2. The third kappa shape index (κ3) is 7.04. The summed E-state index contributed by atoms with van der Waals surface area (Å²) >= 11 is 0. The van der Waals surface area contributed by atoms with E-state index in [1.54, 1.807) is 24.5 Å². The van der Waals surface area contributed by atoms with Gasteiger partial charge in [0.05, 0.1) is 18.4 Å². The maximum Gasteiger partial charge on any atom is 0.334 e. The van der Waals surface area contributed by atoms with Crippen molar-refractivity contribution in [3.63, 3.8) is 0 Å². The van der Waals surface area contributed by atoms with Crippen molar-refractivity contribution in [3.8, 4) is 5.75 Å². The molecule has 3 aliphatic rings. The summed E-state index contributed by atoms with van der Waals surface area (Å²) in [4.78, 5) is 57.7. The van der Waals surface area contributed by atoms with Crippen molar-refractivity contribution in [1.82, 2.24) is 40.0 Å². The summed E-state index contributed by atoms with van der Waals surface area (Å²) < 4.78 is 1.87. The van der Waals surface area contributed by atoms with Gasteiger partial charge < -0.3 is 40.7 Å². The highest BCUT2D eigenvalue weighted by molar-refractivity contribution is 6.05. The molecule has 3 aromatic carbocycles. The lowest BCUT2D eigenvalue weighted by Gasteiger charge is -2.28. The summed E-state index contributed by atoms with van der Waals surface area (Å²) in [6.45, 7) is 1.75. The van der Waals surface area contributed by atoms with E-state index in [1.807, 2.05) is 51.9 Å². The largest absolute Gasteiger partial charge is 0.508 e. The lowest BCUT2D eigenvalue weighted by Crippen LogP contribution is -2.48. The Kier molecular flexibility index (Phi) is 9.90. The molecule has 56 heavy (non-hydrogen) atoms. The van der Waals surface area contributed by atoms with Gasteiger partial charge in [0.15, 0.2) is 17.0 Å². The minimum Gasteiger partial charge on any atom is -0.508 e. The Morgan fingerprint density at radius 3 is 2.32 bits per heavy atom. The molecule has 2 saturated heterocycles. The van der Waals surface area contributed by atoms with Gasteiger partial charge in [-0.25, -0.2) is 14.6 Å². The standard InChI is InChI=1S/C40H44N10O6/c1-47-39(54)50(36(52)40(47,55)56)32-17-9-16-31(32)49-24-43-33-34(41-22-30(26-11-4-2-5-12-26)27-13-6-3-7-14-27)45-37(46-35(33)49)48-19-18-28(23-48)44-38(53)42-21-25-10-8-15-29(51)20-25/h2-8,10-15,20,24,28,30-32,51,55-56H,9,16-19,21-23H2,1H3,(H,41,45,46)(H2,42,44,53)/t28-,31-,32-/m1/s1. The molecule has 0 radical (unpaired) electrons. The molecule has 0 spiro atoms. The lowest BCUT2D eigenvalue weighted by atomic mass is 9.91. The molecule has 2 aliphatic heterocycles. The molecule has 16 heteroatoms. The highest BCUT2D eigenvalue weighted by Gasteiger charge is 2.58. The number of imide groups is 1. The SMILES string of the molecule is CN1C(=O)N([C@@H]2CCC[C@H]2n2cnc3c(NCC(c4ccccc4)c4ccccc4)nc(N4CC[C@@H](NC(=O)NCc5cccc(O)c5)C4)nc32)C(=O)C1(O)O. The first-order valence-electron chi connectivity index (χ1n) is 18.8. The van der Waals surface area contributed by atoms with E-state index in [-0.39, 0.29) is 30.3 Å². The number of hydrogen-bond donors (Lipinski definition) is 6. The monoisotopic (exact) mass is 760 g/mol. The minimum atomic E-state index is -2.93. The van der Waals surface area contributed by atoms with E-state index in [0.29, 0.717) is 73.1 Å². The molecule has 3 fully saturated rings. The number of hydrogen-bond acceptors (Lipinski definition) is 11. The molecule has 16 nitrogen and oxygen atoms in total. The van der Waals surface area contributed by atoms with Crippen LogP contribution < -0.4 is 20.9 Å². The van der Waals surface area contributed by atoms with Gasteiger partial charge in [0.1, 0.15) is 5.75 Å². The third-order valence-corrected chi connectivity index (χ3v) is 11.1. The molecule has 0 unspecified atom stereocenters. The molecule has 4 heterocycles. The van der Waals surface area contributed by atoms with Crippen LogP contribution in [0, 0.1) is 0 Å². The van der Waals surface area contributed by atoms with Crippen LogP contribution in [0.4, 0.5) is 21.4 Å². The number of aromatic nitrogens is 4. The number of phenols is 1. The molecule has 2 aromatic heterocycles. The molecular weight excluding hydrogens is 717 g/mol. The Morgan fingerprint density at radius 2 is 1.64 bits per heavy atom. The third-order valence-electron chi connectivity index (χ3n) is 11.1. The molecule has 5 amide bonds.